The summed E-state index contributed by atoms with van der Waals surface area (Å²) in [7, 11) is 1.84. The summed E-state index contributed by atoms with van der Waals surface area (Å²) in [6, 6.07) is 7.11. The van der Waals surface area contributed by atoms with Gasteiger partial charge in [0.25, 0.3) is 0 Å². The molecule has 3 nitrogen and oxygen atoms in total. The smallest absolute Gasteiger partial charge is 0.168 e. The van der Waals surface area contributed by atoms with Gasteiger partial charge in [-0.15, -0.1) is 0 Å². The lowest BCUT2D eigenvalue weighted by atomic mass is 10.1. The highest BCUT2D eigenvalue weighted by molar-refractivity contribution is 9.10. The predicted molar refractivity (Wildman–Crippen MR) is 75.1 cm³/mol. The zero-order valence-corrected chi connectivity index (χ0v) is 12.4. The average Bonchev–Trinajstić information content (AvgIpc) is 2.61. The second-order valence-electron chi connectivity index (χ2n) is 4.13. The maximum Gasteiger partial charge on any atom is 0.168 e. The van der Waals surface area contributed by atoms with Crippen LogP contribution >= 0.6 is 27.5 Å². The van der Waals surface area contributed by atoms with E-state index in [0.29, 0.717) is 17.0 Å². The number of halogens is 2. The van der Waals surface area contributed by atoms with E-state index < -0.39 is 0 Å². The number of Topliss-reactive ketones (excluding diaryl/α,β-unsaturated/α-hetero) is 1. The molecule has 2 rings (SSSR count). The van der Waals surface area contributed by atoms with Crippen LogP contribution < -0.4 is 0 Å². The molecule has 2 aromatic rings. The predicted octanol–water partition coefficient (Wildman–Crippen LogP) is 3.57. The fourth-order valence-corrected chi connectivity index (χ4v) is 2.26. The summed E-state index contributed by atoms with van der Waals surface area (Å²) in [6.07, 6.45) is 0.339. The highest BCUT2D eigenvalue weighted by Gasteiger charge is 2.12. The molecule has 0 radical (unpaired) electrons. The van der Waals surface area contributed by atoms with Crippen molar-refractivity contribution in [1.82, 2.24) is 9.78 Å². The summed E-state index contributed by atoms with van der Waals surface area (Å²) in [6.45, 7) is 1.91. The van der Waals surface area contributed by atoms with Gasteiger partial charge >= 0.3 is 0 Å². The molecular weight excluding hydrogens is 316 g/mol. The maximum atomic E-state index is 12.1. The van der Waals surface area contributed by atoms with Gasteiger partial charge in [0.2, 0.25) is 0 Å². The third kappa shape index (κ3) is 2.82. The van der Waals surface area contributed by atoms with Gasteiger partial charge in [-0.25, -0.2) is 0 Å². The van der Waals surface area contributed by atoms with Crippen molar-refractivity contribution in [3.05, 3.63) is 50.7 Å². The Balaban J connectivity index is 2.22. The Morgan fingerprint density at radius 2 is 2.17 bits per heavy atom. The van der Waals surface area contributed by atoms with Gasteiger partial charge in [-0.1, -0.05) is 11.6 Å². The van der Waals surface area contributed by atoms with E-state index in [1.165, 1.54) is 0 Å². The summed E-state index contributed by atoms with van der Waals surface area (Å²) in [5.41, 5.74) is 2.46. The number of nitrogens with zero attached hydrogens (tertiary/aromatic N) is 2. The Bertz CT molecular complexity index is 607. The summed E-state index contributed by atoms with van der Waals surface area (Å²) in [5.74, 6) is 0.0513. The van der Waals surface area contributed by atoms with Gasteiger partial charge in [0.05, 0.1) is 17.1 Å². The first-order valence-electron chi connectivity index (χ1n) is 5.45. The third-order valence-corrected chi connectivity index (χ3v) is 3.90. The highest BCUT2D eigenvalue weighted by Crippen LogP contribution is 2.23. The average molecular weight is 328 g/mol. The first-order chi connectivity index (χ1) is 8.47. The molecule has 0 saturated carbocycles. The van der Waals surface area contributed by atoms with Gasteiger partial charge in [0.15, 0.2) is 5.78 Å². The van der Waals surface area contributed by atoms with Crippen LogP contribution in [0, 0.1) is 6.92 Å². The molecule has 0 aliphatic carbocycles. The number of hydrogen-bond donors (Lipinski definition) is 0. The monoisotopic (exact) mass is 326 g/mol. The zero-order valence-electron chi connectivity index (χ0n) is 10.1. The van der Waals surface area contributed by atoms with Crippen LogP contribution in [0.4, 0.5) is 0 Å². The van der Waals surface area contributed by atoms with Crippen LogP contribution in [0.1, 0.15) is 21.7 Å². The largest absolute Gasteiger partial charge is 0.294 e. The van der Waals surface area contributed by atoms with Crippen molar-refractivity contribution in [2.45, 2.75) is 13.3 Å². The Hall–Kier alpha value is -1.13. The molecule has 1 heterocycles. The van der Waals surface area contributed by atoms with Gasteiger partial charge in [-0.05, 0) is 47.1 Å². The lowest BCUT2D eigenvalue weighted by molar-refractivity contribution is 0.0990. The van der Waals surface area contributed by atoms with Gasteiger partial charge in [-0.3, -0.25) is 9.48 Å². The summed E-state index contributed by atoms with van der Waals surface area (Å²) in [4.78, 5) is 12.1. The van der Waals surface area contributed by atoms with Crippen molar-refractivity contribution in [1.29, 1.82) is 0 Å². The molecule has 18 heavy (non-hydrogen) atoms. The van der Waals surface area contributed by atoms with Crippen molar-refractivity contribution in [2.24, 2.45) is 7.05 Å². The number of benzene rings is 1. The number of carbonyl (C=O) groups is 1. The molecule has 0 unspecified atom stereocenters. The second kappa shape index (κ2) is 5.24. The van der Waals surface area contributed by atoms with Crippen molar-refractivity contribution < 1.29 is 4.79 Å². The fourth-order valence-electron chi connectivity index (χ4n) is 1.77. The van der Waals surface area contributed by atoms with E-state index in [1.54, 1.807) is 22.9 Å². The normalized spacial score (nSPS) is 10.7. The van der Waals surface area contributed by atoms with E-state index in [1.807, 2.05) is 20.0 Å². The van der Waals surface area contributed by atoms with E-state index in [2.05, 4.69) is 21.0 Å². The van der Waals surface area contributed by atoms with Gasteiger partial charge in [0, 0.05) is 22.8 Å². The molecule has 0 saturated heterocycles. The van der Waals surface area contributed by atoms with E-state index >= 15 is 0 Å². The van der Waals surface area contributed by atoms with Crippen molar-refractivity contribution in [3.8, 4) is 0 Å². The minimum atomic E-state index is 0.0513. The molecule has 0 atom stereocenters. The van der Waals surface area contributed by atoms with E-state index in [0.717, 1.165) is 15.9 Å². The molecule has 0 N–H and O–H groups in total. The third-order valence-electron chi connectivity index (χ3n) is 2.68. The van der Waals surface area contributed by atoms with Gasteiger partial charge in [-0.2, -0.15) is 5.10 Å². The quantitative estimate of drug-likeness (QED) is 0.808. The Kier molecular flexibility index (Phi) is 3.88. The molecule has 0 aliphatic heterocycles. The van der Waals surface area contributed by atoms with Crippen LogP contribution in [0.5, 0.6) is 0 Å². The molecule has 1 aromatic carbocycles. The molecule has 0 bridgehead atoms. The Labute approximate surface area is 119 Å². The van der Waals surface area contributed by atoms with Crippen LogP contribution in [0.25, 0.3) is 0 Å². The Morgan fingerprint density at radius 1 is 1.44 bits per heavy atom. The molecule has 94 valence electrons. The molecule has 0 aliphatic rings. The zero-order chi connectivity index (χ0) is 13.3. The standard InChI is InChI=1S/C13H12BrClN2O/c1-8-5-10(17(2)16-8)7-13(18)9-3-4-12(15)11(14)6-9/h3-6H,7H2,1-2H3. The van der Waals surface area contributed by atoms with E-state index in [9.17, 15) is 4.79 Å². The van der Waals surface area contributed by atoms with E-state index in [-0.39, 0.29) is 5.78 Å². The molecular formula is C13H12BrClN2O. The number of rotatable bonds is 3. The van der Waals surface area contributed by atoms with Gasteiger partial charge in [0.1, 0.15) is 0 Å². The number of carbonyl (C=O) groups excluding carboxylic acids is 1. The SMILES string of the molecule is Cc1cc(CC(=O)c2ccc(Cl)c(Br)c2)n(C)n1. The van der Waals surface area contributed by atoms with Crippen LogP contribution in [0.2, 0.25) is 5.02 Å². The van der Waals surface area contributed by atoms with Gasteiger partial charge < -0.3 is 0 Å². The topological polar surface area (TPSA) is 34.9 Å². The molecule has 1 aromatic heterocycles. The highest BCUT2D eigenvalue weighted by atomic mass is 79.9. The molecule has 0 fully saturated rings. The molecule has 5 heteroatoms. The maximum absolute atomic E-state index is 12.1. The molecule has 0 amide bonds. The Morgan fingerprint density at radius 3 is 2.72 bits per heavy atom. The first-order valence-corrected chi connectivity index (χ1v) is 6.62. The lowest BCUT2D eigenvalue weighted by Crippen LogP contribution is -2.07. The van der Waals surface area contributed by atoms with Crippen molar-refractivity contribution >= 4 is 33.3 Å². The van der Waals surface area contributed by atoms with Crippen molar-refractivity contribution in [3.63, 3.8) is 0 Å². The summed E-state index contributed by atoms with van der Waals surface area (Å²) < 4.78 is 2.47. The van der Waals surface area contributed by atoms with E-state index in [4.69, 9.17) is 11.6 Å². The van der Waals surface area contributed by atoms with Crippen LogP contribution in [0.15, 0.2) is 28.7 Å². The van der Waals surface area contributed by atoms with Crippen molar-refractivity contribution in [2.75, 3.05) is 0 Å². The number of hydrogen-bond acceptors (Lipinski definition) is 2. The van der Waals surface area contributed by atoms with Crippen LogP contribution in [-0.4, -0.2) is 15.6 Å². The summed E-state index contributed by atoms with van der Waals surface area (Å²) >= 11 is 9.22. The lowest BCUT2D eigenvalue weighted by Gasteiger charge is -2.03. The minimum absolute atomic E-state index is 0.0513. The number of aryl methyl sites for hydroxylation is 2. The number of aromatic nitrogens is 2. The first kappa shape index (κ1) is 13.3. The molecule has 0 spiro atoms. The fraction of sp³-hybridized carbons (Fsp3) is 0.231. The minimum Gasteiger partial charge on any atom is -0.294 e. The second-order valence-corrected chi connectivity index (χ2v) is 5.39. The number of ketones is 1. The van der Waals surface area contributed by atoms with Crippen LogP contribution in [-0.2, 0) is 13.5 Å². The van der Waals surface area contributed by atoms with Crippen LogP contribution in [0.3, 0.4) is 0 Å². The summed E-state index contributed by atoms with van der Waals surface area (Å²) in [5, 5.41) is 4.82.